The molecule has 5 amide bonds. The van der Waals surface area contributed by atoms with Crippen LogP contribution < -0.4 is 32.3 Å². The number of aliphatic carboxylic acids is 1. The molecule has 0 unspecified atom stereocenters. The number of hydrogen-bond acceptors (Lipinski definition) is 10. The lowest BCUT2D eigenvalue weighted by molar-refractivity contribution is -0.192. The lowest BCUT2D eigenvalue weighted by atomic mass is 9.83. The number of carbonyl (C=O) groups is 8. The number of rotatable bonds is 19. The molecule has 3 aromatic carbocycles. The average Bonchev–Trinajstić information content (AvgIpc) is 3.77. The minimum absolute atomic E-state index is 0.00840. The van der Waals surface area contributed by atoms with Crippen molar-refractivity contribution in [3.05, 3.63) is 101 Å². The van der Waals surface area contributed by atoms with Crippen molar-refractivity contribution in [1.29, 1.82) is 0 Å². The molecule has 1 fully saturated rings. The molecular weight excluding hydrogens is 864 g/mol. The molecule has 1 aliphatic heterocycles. The number of halogens is 3. The van der Waals surface area contributed by atoms with Gasteiger partial charge in [0.05, 0.1) is 12.1 Å². The van der Waals surface area contributed by atoms with Crippen LogP contribution in [0.4, 0.5) is 18.9 Å². The molecule has 16 nitrogen and oxygen atoms in total. The second-order valence-corrected chi connectivity index (χ2v) is 16.9. The molecule has 2 aliphatic rings. The first kappa shape index (κ1) is 52.0. The molecule has 0 spiro atoms. The van der Waals surface area contributed by atoms with Crippen LogP contribution in [0.5, 0.6) is 0 Å². The number of likely N-dealkylation sites (tertiary alicyclic amines) is 1. The molecular formula is C47H58F3N7O9. The van der Waals surface area contributed by atoms with E-state index in [4.69, 9.17) is 15.6 Å². The highest BCUT2D eigenvalue weighted by atomic mass is 19.4. The molecule has 1 saturated heterocycles. The Morgan fingerprint density at radius 2 is 1.30 bits per heavy atom. The summed E-state index contributed by atoms with van der Waals surface area (Å²) in [5, 5.41) is 21.7. The van der Waals surface area contributed by atoms with Crippen molar-refractivity contribution in [3.63, 3.8) is 0 Å². The van der Waals surface area contributed by atoms with E-state index in [2.05, 4.69) is 26.6 Å². The molecule has 0 bridgehead atoms. The van der Waals surface area contributed by atoms with E-state index in [0.717, 1.165) is 5.56 Å². The van der Waals surface area contributed by atoms with Gasteiger partial charge in [-0.05, 0) is 55.6 Å². The summed E-state index contributed by atoms with van der Waals surface area (Å²) in [6.45, 7) is 8.47. The Labute approximate surface area is 381 Å². The number of carbonyl (C=O) groups excluding carboxylic acids is 7. The number of carboxylic acids is 1. The van der Waals surface area contributed by atoms with Crippen LogP contribution in [0.15, 0.2) is 72.8 Å². The van der Waals surface area contributed by atoms with Gasteiger partial charge in [0.2, 0.25) is 29.5 Å². The first-order valence-corrected chi connectivity index (χ1v) is 21.8. The van der Waals surface area contributed by atoms with E-state index in [1.807, 2.05) is 58.0 Å². The summed E-state index contributed by atoms with van der Waals surface area (Å²) >= 11 is 0. The molecule has 4 atom stereocenters. The number of nitrogens with zero attached hydrogens (tertiary/aromatic N) is 1. The van der Waals surface area contributed by atoms with E-state index in [1.165, 1.54) is 4.90 Å². The van der Waals surface area contributed by atoms with E-state index in [-0.39, 0.29) is 48.2 Å². The average molecular weight is 922 g/mol. The number of amides is 5. The molecule has 0 saturated carbocycles. The van der Waals surface area contributed by atoms with E-state index in [1.54, 1.807) is 42.5 Å². The number of ketones is 2. The Bertz CT molecular complexity index is 2240. The maximum absolute atomic E-state index is 14.2. The second kappa shape index (κ2) is 24.1. The number of anilines is 1. The van der Waals surface area contributed by atoms with Gasteiger partial charge in [0.1, 0.15) is 24.2 Å². The summed E-state index contributed by atoms with van der Waals surface area (Å²) < 4.78 is 31.7. The zero-order valence-electron chi connectivity index (χ0n) is 37.3. The lowest BCUT2D eigenvalue weighted by Gasteiger charge is -2.31. The normalized spacial score (nSPS) is 15.6. The van der Waals surface area contributed by atoms with Crippen LogP contribution >= 0.6 is 0 Å². The van der Waals surface area contributed by atoms with E-state index in [9.17, 15) is 46.7 Å². The fourth-order valence-corrected chi connectivity index (χ4v) is 7.69. The smallest absolute Gasteiger partial charge is 0.475 e. The van der Waals surface area contributed by atoms with Crippen LogP contribution in [0.3, 0.4) is 0 Å². The van der Waals surface area contributed by atoms with Crippen LogP contribution in [0.25, 0.3) is 0 Å². The summed E-state index contributed by atoms with van der Waals surface area (Å²) in [5.41, 5.74) is 8.29. The van der Waals surface area contributed by atoms with Gasteiger partial charge >= 0.3 is 12.1 Å². The highest BCUT2D eigenvalue weighted by Gasteiger charge is 2.40. The van der Waals surface area contributed by atoms with Crippen molar-refractivity contribution in [3.8, 4) is 0 Å². The Hall–Kier alpha value is -6.63. The summed E-state index contributed by atoms with van der Waals surface area (Å²) in [5.74, 6) is -5.37. The van der Waals surface area contributed by atoms with Crippen molar-refractivity contribution in [1.82, 2.24) is 26.2 Å². The summed E-state index contributed by atoms with van der Waals surface area (Å²) in [6.07, 6.45) is -2.74. The molecule has 8 N–H and O–H groups in total. The maximum Gasteiger partial charge on any atom is 0.490 e. The minimum atomic E-state index is -5.08. The molecule has 66 heavy (non-hydrogen) atoms. The van der Waals surface area contributed by atoms with Gasteiger partial charge in [-0.15, -0.1) is 0 Å². The first-order chi connectivity index (χ1) is 31.2. The fraction of sp³-hybridized carbons (Fsp3) is 0.447. The Morgan fingerprint density at radius 1 is 0.742 bits per heavy atom. The van der Waals surface area contributed by atoms with Gasteiger partial charge in [-0.3, -0.25) is 33.6 Å². The zero-order chi connectivity index (χ0) is 48.7. The highest BCUT2D eigenvalue weighted by Crippen LogP contribution is 2.32. The van der Waals surface area contributed by atoms with Crippen LogP contribution in [-0.2, 0) is 35.2 Å². The molecule has 0 aromatic heterocycles. The topological polar surface area (TPSA) is 246 Å². The minimum Gasteiger partial charge on any atom is -0.475 e. The van der Waals surface area contributed by atoms with Crippen molar-refractivity contribution >= 4 is 52.8 Å². The van der Waals surface area contributed by atoms with Gasteiger partial charge in [0.15, 0.2) is 11.6 Å². The molecule has 0 radical (unpaired) electrons. The zero-order valence-corrected chi connectivity index (χ0v) is 37.3. The fourth-order valence-electron chi connectivity index (χ4n) is 7.69. The summed E-state index contributed by atoms with van der Waals surface area (Å²) in [4.78, 5) is 105. The lowest BCUT2D eigenvalue weighted by Crippen LogP contribution is -2.59. The van der Waals surface area contributed by atoms with Crippen LogP contribution in [0.1, 0.15) is 97.2 Å². The van der Waals surface area contributed by atoms with E-state index in [0.29, 0.717) is 79.7 Å². The number of fused-ring (bicyclic) bond motifs is 2. The predicted molar refractivity (Wildman–Crippen MR) is 238 cm³/mol. The molecule has 1 aliphatic carbocycles. The van der Waals surface area contributed by atoms with Crippen LogP contribution in [-0.4, -0.2) is 114 Å². The van der Waals surface area contributed by atoms with Gasteiger partial charge in [-0.1, -0.05) is 94.4 Å². The van der Waals surface area contributed by atoms with Crippen molar-refractivity contribution < 1.29 is 56.6 Å². The number of carboxylic acid groups (broad SMARTS) is 1. The number of alkyl halides is 3. The Kier molecular flexibility index (Phi) is 19.0. The van der Waals surface area contributed by atoms with Crippen molar-refractivity contribution in [2.45, 2.75) is 96.6 Å². The third-order valence-corrected chi connectivity index (χ3v) is 10.8. The standard InChI is InChI=1S/C45H57N7O7.C2HF3O2/c1-27(2)23-34(49-38(53)26-46)42(56)50-35(25-29-13-6-5-7-14-29)43(57)51-36(24-28(3)4)45(59)52-22-11-19-37(52)44(58)48-21-12-20-47-33-18-10-17-32-39(33)41(55)31-16-9-8-15-30(31)40(32)54;3-2(4,5)1(6)7/h5-10,13-18,27-28,34-37,47H,11-12,19-26,46H2,1-4H3,(H,48,58)(H,49,53)(H,50,56)(H,51,57);(H,6,7)/t34-,35-,36-,37-;/m0./s1. The Balaban J connectivity index is 0.00000126. The summed E-state index contributed by atoms with van der Waals surface area (Å²) in [6, 6.07) is 17.4. The first-order valence-electron chi connectivity index (χ1n) is 21.8. The molecule has 1 heterocycles. The third kappa shape index (κ3) is 14.4. The van der Waals surface area contributed by atoms with Crippen LogP contribution in [0, 0.1) is 11.8 Å². The van der Waals surface area contributed by atoms with Gasteiger partial charge in [-0.2, -0.15) is 13.2 Å². The molecule has 19 heteroatoms. The van der Waals surface area contributed by atoms with Gasteiger partial charge in [-0.25, -0.2) is 4.79 Å². The second-order valence-electron chi connectivity index (χ2n) is 16.9. The highest BCUT2D eigenvalue weighted by molar-refractivity contribution is 6.30. The van der Waals surface area contributed by atoms with Gasteiger partial charge < -0.3 is 42.3 Å². The summed E-state index contributed by atoms with van der Waals surface area (Å²) in [7, 11) is 0. The van der Waals surface area contributed by atoms with Crippen molar-refractivity contribution in [2.24, 2.45) is 17.6 Å². The third-order valence-electron chi connectivity index (χ3n) is 10.8. The quantitative estimate of drug-likeness (QED) is 0.0668. The van der Waals surface area contributed by atoms with Gasteiger partial charge in [0, 0.05) is 48.4 Å². The Morgan fingerprint density at radius 3 is 1.91 bits per heavy atom. The number of benzene rings is 3. The number of nitrogens with one attached hydrogen (secondary N) is 5. The maximum atomic E-state index is 14.2. The monoisotopic (exact) mass is 921 g/mol. The molecule has 356 valence electrons. The molecule has 5 rings (SSSR count). The molecule has 3 aromatic rings. The van der Waals surface area contributed by atoms with E-state index < -0.39 is 54.0 Å². The van der Waals surface area contributed by atoms with Crippen molar-refractivity contribution in [2.75, 3.05) is 31.5 Å². The predicted octanol–water partition coefficient (Wildman–Crippen LogP) is 3.75. The number of hydrogen-bond donors (Lipinski definition) is 7. The largest absolute Gasteiger partial charge is 0.490 e. The SMILES string of the molecule is CC(C)C[C@H](NC(=O)CN)C(=O)N[C@@H](Cc1ccccc1)C(=O)N[C@@H](CC(C)C)C(=O)N1CCC[C@H]1C(=O)NCCCNc1cccc2c1C(=O)c1ccccc1C2=O.O=C(O)C(F)(F)F. The van der Waals surface area contributed by atoms with Crippen LogP contribution in [0.2, 0.25) is 0 Å². The van der Waals surface area contributed by atoms with E-state index >= 15 is 0 Å². The van der Waals surface area contributed by atoms with Gasteiger partial charge in [0.25, 0.3) is 0 Å². The number of nitrogens with two attached hydrogens (primary N) is 1.